The third-order valence-corrected chi connectivity index (χ3v) is 4.64. The number of hydrogen-bond donors (Lipinski definition) is 1. The molecule has 2 rings (SSSR count). The number of carboxylic acid groups (broad SMARTS) is 1. The van der Waals surface area contributed by atoms with Crippen molar-refractivity contribution in [2.75, 3.05) is 26.8 Å². The maximum Gasteiger partial charge on any atom is 0.317 e. The number of carbonyl (C=O) groups is 1. The summed E-state index contributed by atoms with van der Waals surface area (Å²) in [4.78, 5) is 13.7. The SMILES string of the molecule is COCCN(CC(=O)O)Cc1sc2ccccc2c1Cl. The molecule has 1 aromatic carbocycles. The van der Waals surface area contributed by atoms with Crippen molar-refractivity contribution in [2.45, 2.75) is 6.54 Å². The highest BCUT2D eigenvalue weighted by molar-refractivity contribution is 7.19. The Kier molecular flexibility index (Phi) is 5.37. The summed E-state index contributed by atoms with van der Waals surface area (Å²) in [6.07, 6.45) is 0. The Balaban J connectivity index is 2.18. The molecular weight excluding hydrogens is 298 g/mol. The topological polar surface area (TPSA) is 49.8 Å². The van der Waals surface area contributed by atoms with Crippen LogP contribution in [0.5, 0.6) is 0 Å². The average molecular weight is 314 g/mol. The van der Waals surface area contributed by atoms with Gasteiger partial charge in [-0.25, -0.2) is 0 Å². The smallest absolute Gasteiger partial charge is 0.317 e. The molecule has 0 bridgehead atoms. The third-order valence-electron chi connectivity index (χ3n) is 2.94. The van der Waals surface area contributed by atoms with Gasteiger partial charge in [0.05, 0.1) is 18.2 Å². The number of nitrogens with zero attached hydrogens (tertiary/aromatic N) is 1. The summed E-state index contributed by atoms with van der Waals surface area (Å²) in [6, 6.07) is 7.92. The Morgan fingerprint density at radius 1 is 1.45 bits per heavy atom. The molecular formula is C14H16ClNO3S. The molecule has 0 fully saturated rings. The van der Waals surface area contributed by atoms with Crippen molar-refractivity contribution >= 4 is 39.0 Å². The van der Waals surface area contributed by atoms with E-state index in [2.05, 4.69) is 0 Å². The molecule has 108 valence electrons. The van der Waals surface area contributed by atoms with Crippen LogP contribution >= 0.6 is 22.9 Å². The molecule has 0 radical (unpaired) electrons. The normalized spacial score (nSPS) is 11.3. The van der Waals surface area contributed by atoms with E-state index in [-0.39, 0.29) is 6.54 Å². The molecule has 0 unspecified atom stereocenters. The van der Waals surface area contributed by atoms with Crippen LogP contribution in [0, 0.1) is 0 Å². The fourth-order valence-electron chi connectivity index (χ4n) is 2.00. The first-order valence-electron chi connectivity index (χ1n) is 6.21. The zero-order chi connectivity index (χ0) is 14.5. The number of rotatable bonds is 7. The van der Waals surface area contributed by atoms with E-state index < -0.39 is 5.97 Å². The van der Waals surface area contributed by atoms with Gasteiger partial charge in [-0.05, 0) is 6.07 Å². The Bertz CT molecular complexity index is 599. The number of ether oxygens (including phenoxy) is 1. The van der Waals surface area contributed by atoms with Gasteiger partial charge in [0, 0.05) is 35.2 Å². The summed E-state index contributed by atoms with van der Waals surface area (Å²) in [5, 5.41) is 10.7. The molecule has 2 aromatic rings. The number of aliphatic carboxylic acids is 1. The highest BCUT2D eigenvalue weighted by Gasteiger charge is 2.15. The zero-order valence-corrected chi connectivity index (χ0v) is 12.7. The molecule has 0 saturated carbocycles. The number of hydrogen-bond acceptors (Lipinski definition) is 4. The van der Waals surface area contributed by atoms with Crippen LogP contribution in [0.3, 0.4) is 0 Å². The van der Waals surface area contributed by atoms with Crippen molar-refractivity contribution in [3.05, 3.63) is 34.2 Å². The fraction of sp³-hybridized carbons (Fsp3) is 0.357. The number of thiophene rings is 1. The third kappa shape index (κ3) is 3.70. The van der Waals surface area contributed by atoms with E-state index in [9.17, 15) is 4.79 Å². The van der Waals surface area contributed by atoms with E-state index >= 15 is 0 Å². The van der Waals surface area contributed by atoms with E-state index in [4.69, 9.17) is 21.4 Å². The molecule has 1 heterocycles. The van der Waals surface area contributed by atoms with Crippen molar-refractivity contribution in [3.8, 4) is 0 Å². The predicted molar refractivity (Wildman–Crippen MR) is 81.6 cm³/mol. The van der Waals surface area contributed by atoms with Gasteiger partial charge in [0.2, 0.25) is 0 Å². The van der Waals surface area contributed by atoms with Crippen molar-refractivity contribution in [1.82, 2.24) is 4.90 Å². The molecule has 6 heteroatoms. The second-order valence-corrected chi connectivity index (χ2v) is 5.95. The lowest BCUT2D eigenvalue weighted by Gasteiger charge is -2.19. The van der Waals surface area contributed by atoms with Crippen LogP contribution in [0.2, 0.25) is 5.02 Å². The van der Waals surface area contributed by atoms with Gasteiger partial charge in [0.15, 0.2) is 0 Å². The first-order chi connectivity index (χ1) is 9.61. The van der Waals surface area contributed by atoms with Crippen LogP contribution < -0.4 is 0 Å². The van der Waals surface area contributed by atoms with Crippen LogP contribution in [0.4, 0.5) is 0 Å². The zero-order valence-electron chi connectivity index (χ0n) is 11.1. The van der Waals surface area contributed by atoms with Gasteiger partial charge in [-0.1, -0.05) is 29.8 Å². The van der Waals surface area contributed by atoms with Gasteiger partial charge in [0.25, 0.3) is 0 Å². The minimum atomic E-state index is -0.849. The standard InChI is InChI=1S/C14H16ClNO3S/c1-19-7-6-16(9-13(17)18)8-12-14(15)10-4-2-3-5-11(10)20-12/h2-5H,6-9H2,1H3,(H,17,18). The molecule has 0 aliphatic carbocycles. The summed E-state index contributed by atoms with van der Waals surface area (Å²) < 4.78 is 6.14. The first-order valence-corrected chi connectivity index (χ1v) is 7.40. The van der Waals surface area contributed by atoms with Gasteiger partial charge in [0.1, 0.15) is 0 Å². The number of carboxylic acids is 1. The van der Waals surface area contributed by atoms with E-state index in [1.54, 1.807) is 18.4 Å². The number of halogens is 1. The van der Waals surface area contributed by atoms with Crippen LogP contribution in [0.1, 0.15) is 4.88 Å². The Labute approximate surface area is 126 Å². The highest BCUT2D eigenvalue weighted by Crippen LogP contribution is 2.35. The molecule has 4 nitrogen and oxygen atoms in total. The maximum absolute atomic E-state index is 10.9. The number of fused-ring (bicyclic) bond motifs is 1. The Morgan fingerprint density at radius 2 is 2.20 bits per heavy atom. The summed E-state index contributed by atoms with van der Waals surface area (Å²) in [5.74, 6) is -0.849. The summed E-state index contributed by atoms with van der Waals surface area (Å²) in [6.45, 7) is 1.56. The number of benzene rings is 1. The lowest BCUT2D eigenvalue weighted by molar-refractivity contribution is -0.138. The van der Waals surface area contributed by atoms with Crippen molar-refractivity contribution < 1.29 is 14.6 Å². The van der Waals surface area contributed by atoms with Crippen molar-refractivity contribution in [3.63, 3.8) is 0 Å². The second-order valence-electron chi connectivity index (χ2n) is 4.43. The monoisotopic (exact) mass is 313 g/mol. The molecule has 0 spiro atoms. The van der Waals surface area contributed by atoms with Crippen molar-refractivity contribution in [1.29, 1.82) is 0 Å². The molecule has 0 amide bonds. The van der Waals surface area contributed by atoms with Gasteiger partial charge < -0.3 is 9.84 Å². The van der Waals surface area contributed by atoms with E-state index in [0.717, 1.165) is 20.0 Å². The Hall–Kier alpha value is -1.14. The molecule has 1 aromatic heterocycles. The van der Waals surface area contributed by atoms with Gasteiger partial charge in [-0.2, -0.15) is 0 Å². The maximum atomic E-state index is 10.9. The quantitative estimate of drug-likeness (QED) is 0.853. The second kappa shape index (κ2) is 7.04. The first kappa shape index (κ1) is 15.3. The summed E-state index contributed by atoms with van der Waals surface area (Å²) in [7, 11) is 1.60. The van der Waals surface area contributed by atoms with Crippen LogP contribution in [-0.4, -0.2) is 42.8 Å². The number of methoxy groups -OCH3 is 1. The summed E-state index contributed by atoms with van der Waals surface area (Å²) >= 11 is 7.98. The average Bonchev–Trinajstić information content (AvgIpc) is 2.73. The minimum Gasteiger partial charge on any atom is -0.480 e. The van der Waals surface area contributed by atoms with Crippen LogP contribution in [0.15, 0.2) is 24.3 Å². The molecule has 0 aliphatic rings. The van der Waals surface area contributed by atoms with Crippen LogP contribution in [-0.2, 0) is 16.1 Å². The molecule has 0 aliphatic heterocycles. The van der Waals surface area contributed by atoms with Crippen LogP contribution in [0.25, 0.3) is 10.1 Å². The highest BCUT2D eigenvalue weighted by atomic mass is 35.5. The predicted octanol–water partition coefficient (Wildman–Crippen LogP) is 3.09. The van der Waals surface area contributed by atoms with E-state index in [0.29, 0.717) is 19.7 Å². The largest absolute Gasteiger partial charge is 0.480 e. The molecule has 0 atom stereocenters. The fourth-order valence-corrected chi connectivity index (χ4v) is 3.53. The lowest BCUT2D eigenvalue weighted by atomic mass is 10.2. The van der Waals surface area contributed by atoms with E-state index in [1.807, 2.05) is 29.2 Å². The van der Waals surface area contributed by atoms with E-state index in [1.165, 1.54) is 0 Å². The van der Waals surface area contributed by atoms with Gasteiger partial charge in [-0.15, -0.1) is 11.3 Å². The minimum absolute atomic E-state index is 0.0199. The van der Waals surface area contributed by atoms with Crippen molar-refractivity contribution in [2.24, 2.45) is 0 Å². The lowest BCUT2D eigenvalue weighted by Crippen LogP contribution is -2.32. The van der Waals surface area contributed by atoms with Gasteiger partial charge in [-0.3, -0.25) is 9.69 Å². The van der Waals surface area contributed by atoms with Gasteiger partial charge >= 0.3 is 5.97 Å². The molecule has 0 saturated heterocycles. The molecule has 1 N–H and O–H groups in total. The summed E-state index contributed by atoms with van der Waals surface area (Å²) in [5.41, 5.74) is 0. The molecule has 20 heavy (non-hydrogen) atoms. The Morgan fingerprint density at radius 3 is 2.85 bits per heavy atom.